The Kier molecular flexibility index (Phi) is 9.16. The Morgan fingerprint density at radius 3 is 2.20 bits per heavy atom. The Labute approximate surface area is 268 Å². The first-order chi connectivity index (χ1) is 21.9. The zero-order valence-electron chi connectivity index (χ0n) is 27.2. The minimum absolute atomic E-state index is 0.310. The Bertz CT molecular complexity index is 1670. The second kappa shape index (κ2) is 13.4. The molecule has 1 N–H and O–H groups in total. The van der Waals surface area contributed by atoms with Crippen LogP contribution in [0, 0.1) is 13.8 Å². The normalized spacial score (nSPS) is 16.0. The number of aryl methyl sites for hydroxylation is 2. The number of fused-ring (bicyclic) bond motifs is 6. The van der Waals surface area contributed by atoms with Gasteiger partial charge in [-0.1, -0.05) is 88.3 Å². The molecule has 2 heterocycles. The van der Waals surface area contributed by atoms with Crippen molar-refractivity contribution in [3.8, 4) is 11.5 Å². The standard InChI is InChI=1S/C40H46N2O3/c1-5-7-9-13-23-42(24-14-10-8-6-2)31-19-20-34-38(27-31)44-37-22-18-30(41-36-21-17-28(3)25-29(36)4)26-35(37)40(34)33-16-12-11-15-32(33)39(43)45-40/h11-12,15-22,25-27,41H,5-10,13-14,23-24H2,1-4H3. The van der Waals surface area contributed by atoms with Gasteiger partial charge in [-0.05, 0) is 74.7 Å². The van der Waals surface area contributed by atoms with Gasteiger partial charge in [0.25, 0.3) is 0 Å². The third-order valence-electron chi connectivity index (χ3n) is 9.28. The molecule has 1 atom stereocenters. The van der Waals surface area contributed by atoms with Gasteiger partial charge >= 0.3 is 5.97 Å². The predicted octanol–water partition coefficient (Wildman–Crippen LogP) is 10.6. The molecule has 0 radical (unpaired) electrons. The highest BCUT2D eigenvalue weighted by atomic mass is 16.6. The van der Waals surface area contributed by atoms with Crippen LogP contribution in [0.2, 0.25) is 0 Å². The smallest absolute Gasteiger partial charge is 0.340 e. The summed E-state index contributed by atoms with van der Waals surface area (Å²) in [7, 11) is 0. The van der Waals surface area contributed by atoms with Gasteiger partial charge in [-0.3, -0.25) is 0 Å². The lowest BCUT2D eigenvalue weighted by atomic mass is 9.77. The number of ether oxygens (including phenoxy) is 2. The highest BCUT2D eigenvalue weighted by Crippen LogP contribution is 2.57. The van der Waals surface area contributed by atoms with E-state index in [1.54, 1.807) is 0 Å². The summed E-state index contributed by atoms with van der Waals surface area (Å²) in [5.41, 5.74) is 7.55. The minimum atomic E-state index is -1.10. The van der Waals surface area contributed by atoms with Gasteiger partial charge < -0.3 is 19.7 Å². The van der Waals surface area contributed by atoms with E-state index in [4.69, 9.17) is 9.47 Å². The molecule has 234 valence electrons. The fourth-order valence-electron chi connectivity index (χ4n) is 6.87. The summed E-state index contributed by atoms with van der Waals surface area (Å²) in [5.74, 6) is 1.13. The van der Waals surface area contributed by atoms with Crippen LogP contribution in [-0.4, -0.2) is 19.1 Å². The number of nitrogens with one attached hydrogen (secondary N) is 1. The van der Waals surface area contributed by atoms with Crippen LogP contribution in [0.5, 0.6) is 11.5 Å². The molecular weight excluding hydrogens is 556 g/mol. The Morgan fingerprint density at radius 2 is 1.47 bits per heavy atom. The largest absolute Gasteiger partial charge is 0.456 e. The van der Waals surface area contributed by atoms with E-state index in [1.807, 2.05) is 36.4 Å². The van der Waals surface area contributed by atoms with Crippen LogP contribution >= 0.6 is 0 Å². The summed E-state index contributed by atoms with van der Waals surface area (Å²) in [6.45, 7) is 10.8. The maximum absolute atomic E-state index is 13.4. The quantitative estimate of drug-likeness (QED) is 0.122. The minimum Gasteiger partial charge on any atom is -0.456 e. The highest BCUT2D eigenvalue weighted by Gasteiger charge is 2.53. The van der Waals surface area contributed by atoms with Crippen molar-refractivity contribution in [3.63, 3.8) is 0 Å². The van der Waals surface area contributed by atoms with E-state index in [2.05, 4.69) is 80.4 Å². The van der Waals surface area contributed by atoms with E-state index in [-0.39, 0.29) is 5.97 Å². The summed E-state index contributed by atoms with van der Waals surface area (Å²) in [6.07, 6.45) is 9.82. The van der Waals surface area contributed by atoms with E-state index < -0.39 is 5.60 Å². The third-order valence-corrected chi connectivity index (χ3v) is 9.28. The zero-order chi connectivity index (χ0) is 31.4. The first kappa shape index (κ1) is 30.8. The lowest BCUT2D eigenvalue weighted by Crippen LogP contribution is -2.33. The van der Waals surface area contributed by atoms with Crippen LogP contribution < -0.4 is 15.0 Å². The molecule has 0 fully saturated rings. The average molecular weight is 603 g/mol. The molecular formula is C40H46N2O3. The molecule has 0 amide bonds. The number of nitrogens with zero attached hydrogens (tertiary/aromatic N) is 1. The first-order valence-electron chi connectivity index (χ1n) is 16.8. The number of anilines is 3. The van der Waals surface area contributed by atoms with Crippen molar-refractivity contribution < 1.29 is 14.3 Å². The van der Waals surface area contributed by atoms with Crippen molar-refractivity contribution in [1.29, 1.82) is 0 Å². The van der Waals surface area contributed by atoms with E-state index in [0.717, 1.165) is 52.6 Å². The van der Waals surface area contributed by atoms with Crippen LogP contribution in [0.4, 0.5) is 17.1 Å². The highest BCUT2D eigenvalue weighted by molar-refractivity contribution is 5.97. The lowest BCUT2D eigenvalue weighted by molar-refractivity contribution is 0.0224. The molecule has 0 aromatic heterocycles. The van der Waals surface area contributed by atoms with Crippen LogP contribution in [0.25, 0.3) is 0 Å². The molecule has 5 nitrogen and oxygen atoms in total. The molecule has 4 aromatic rings. The predicted molar refractivity (Wildman–Crippen MR) is 184 cm³/mol. The van der Waals surface area contributed by atoms with Gasteiger partial charge in [0, 0.05) is 52.9 Å². The monoisotopic (exact) mass is 602 g/mol. The molecule has 5 heteroatoms. The number of unbranched alkanes of at least 4 members (excludes halogenated alkanes) is 6. The lowest BCUT2D eigenvalue weighted by Gasteiger charge is -2.37. The van der Waals surface area contributed by atoms with Crippen LogP contribution in [0.1, 0.15) is 103 Å². The van der Waals surface area contributed by atoms with Crippen LogP contribution in [0.3, 0.4) is 0 Å². The Hall–Kier alpha value is -4.25. The topological polar surface area (TPSA) is 50.8 Å². The fourth-order valence-corrected chi connectivity index (χ4v) is 6.87. The molecule has 0 saturated carbocycles. The van der Waals surface area contributed by atoms with Crippen molar-refractivity contribution in [2.75, 3.05) is 23.3 Å². The Balaban J connectivity index is 1.41. The Morgan fingerprint density at radius 1 is 0.711 bits per heavy atom. The molecule has 1 spiro atoms. The molecule has 0 aliphatic carbocycles. The van der Waals surface area contributed by atoms with Gasteiger partial charge in [-0.25, -0.2) is 4.79 Å². The summed E-state index contributed by atoms with van der Waals surface area (Å²) >= 11 is 0. The second-order valence-electron chi connectivity index (χ2n) is 12.7. The van der Waals surface area contributed by atoms with E-state index in [9.17, 15) is 4.79 Å². The summed E-state index contributed by atoms with van der Waals surface area (Å²) in [4.78, 5) is 16.0. The fraction of sp³-hybridized carbons (Fsp3) is 0.375. The molecule has 1 unspecified atom stereocenters. The van der Waals surface area contributed by atoms with Gasteiger partial charge in [0.15, 0.2) is 5.60 Å². The third kappa shape index (κ3) is 6.05. The van der Waals surface area contributed by atoms with Crippen molar-refractivity contribution >= 4 is 23.0 Å². The number of rotatable bonds is 13. The molecule has 0 bridgehead atoms. The number of hydrogen-bond donors (Lipinski definition) is 1. The number of carbonyl (C=O) groups is 1. The SMILES string of the molecule is CCCCCCN(CCCCCC)c1ccc2c(c1)Oc1ccc(Nc3ccc(C)cc3C)cc1C21OC(=O)c2ccccc21. The summed E-state index contributed by atoms with van der Waals surface area (Å²) in [6, 6.07) is 26.8. The van der Waals surface area contributed by atoms with Crippen molar-refractivity contribution in [3.05, 3.63) is 112 Å². The van der Waals surface area contributed by atoms with E-state index in [1.165, 1.54) is 62.5 Å². The maximum atomic E-state index is 13.4. The first-order valence-corrected chi connectivity index (χ1v) is 16.8. The van der Waals surface area contributed by atoms with E-state index >= 15 is 0 Å². The molecule has 6 rings (SSSR count). The number of esters is 1. The van der Waals surface area contributed by atoms with Crippen LogP contribution in [0.15, 0.2) is 78.9 Å². The zero-order valence-corrected chi connectivity index (χ0v) is 27.2. The van der Waals surface area contributed by atoms with Gasteiger partial charge in [0.1, 0.15) is 11.5 Å². The second-order valence-corrected chi connectivity index (χ2v) is 12.7. The molecule has 45 heavy (non-hydrogen) atoms. The molecule has 0 saturated heterocycles. The van der Waals surface area contributed by atoms with Crippen molar-refractivity contribution in [2.24, 2.45) is 0 Å². The van der Waals surface area contributed by atoms with Gasteiger partial charge in [0.2, 0.25) is 0 Å². The van der Waals surface area contributed by atoms with Crippen LogP contribution in [-0.2, 0) is 10.3 Å². The van der Waals surface area contributed by atoms with Crippen molar-refractivity contribution in [2.45, 2.75) is 84.7 Å². The summed E-state index contributed by atoms with van der Waals surface area (Å²) < 4.78 is 13.2. The molecule has 4 aromatic carbocycles. The van der Waals surface area contributed by atoms with E-state index in [0.29, 0.717) is 11.3 Å². The molecule has 2 aliphatic heterocycles. The van der Waals surface area contributed by atoms with Gasteiger partial charge in [-0.2, -0.15) is 0 Å². The summed E-state index contributed by atoms with van der Waals surface area (Å²) in [5, 5.41) is 3.59. The van der Waals surface area contributed by atoms with Crippen molar-refractivity contribution in [1.82, 2.24) is 0 Å². The maximum Gasteiger partial charge on any atom is 0.340 e. The number of benzene rings is 4. The number of hydrogen-bond acceptors (Lipinski definition) is 5. The molecule has 2 aliphatic rings. The number of carbonyl (C=O) groups excluding carboxylic acids is 1. The van der Waals surface area contributed by atoms with Gasteiger partial charge in [0.05, 0.1) is 5.56 Å². The van der Waals surface area contributed by atoms with Gasteiger partial charge in [-0.15, -0.1) is 0 Å². The average Bonchev–Trinajstić information content (AvgIpc) is 3.34.